The summed E-state index contributed by atoms with van der Waals surface area (Å²) in [5.41, 5.74) is 0.574. The lowest BCUT2D eigenvalue weighted by Gasteiger charge is -2.15. The zero-order valence-corrected chi connectivity index (χ0v) is 9.04. The van der Waals surface area contributed by atoms with Crippen molar-refractivity contribution in [3.8, 4) is 0 Å². The molecule has 5 nitrogen and oxygen atoms in total. The van der Waals surface area contributed by atoms with Crippen molar-refractivity contribution in [2.24, 2.45) is 0 Å². The normalized spacial score (nSPS) is 15.6. The van der Waals surface area contributed by atoms with E-state index >= 15 is 0 Å². The van der Waals surface area contributed by atoms with E-state index in [9.17, 15) is 10.2 Å². The molecule has 0 spiro atoms. The van der Waals surface area contributed by atoms with Crippen LogP contribution >= 0.6 is 0 Å². The van der Waals surface area contributed by atoms with Crippen molar-refractivity contribution in [2.45, 2.75) is 38.5 Å². The highest BCUT2D eigenvalue weighted by atomic mass is 16.3. The SMILES string of the molecule is CC(C)n1cc(C(O)C(O)CCO)cn1. The monoisotopic (exact) mass is 214 g/mol. The maximum atomic E-state index is 9.70. The highest BCUT2D eigenvalue weighted by molar-refractivity contribution is 5.09. The van der Waals surface area contributed by atoms with Gasteiger partial charge in [0.05, 0.1) is 12.3 Å². The van der Waals surface area contributed by atoms with Gasteiger partial charge in [0.2, 0.25) is 0 Å². The Balaban J connectivity index is 2.69. The lowest BCUT2D eigenvalue weighted by molar-refractivity contribution is 0.00415. The molecule has 0 amide bonds. The van der Waals surface area contributed by atoms with Crippen molar-refractivity contribution in [2.75, 3.05) is 6.61 Å². The van der Waals surface area contributed by atoms with Gasteiger partial charge in [0.15, 0.2) is 0 Å². The Morgan fingerprint density at radius 3 is 2.53 bits per heavy atom. The second-order valence-corrected chi connectivity index (χ2v) is 3.87. The van der Waals surface area contributed by atoms with E-state index in [1.807, 2.05) is 13.8 Å². The molecule has 0 fully saturated rings. The van der Waals surface area contributed by atoms with Gasteiger partial charge in [-0.25, -0.2) is 0 Å². The molecule has 0 aliphatic carbocycles. The topological polar surface area (TPSA) is 78.5 Å². The Hall–Kier alpha value is -0.910. The van der Waals surface area contributed by atoms with Crippen molar-refractivity contribution >= 4 is 0 Å². The molecule has 2 unspecified atom stereocenters. The summed E-state index contributed by atoms with van der Waals surface area (Å²) < 4.78 is 1.71. The fourth-order valence-electron chi connectivity index (χ4n) is 1.30. The van der Waals surface area contributed by atoms with E-state index in [4.69, 9.17) is 5.11 Å². The fourth-order valence-corrected chi connectivity index (χ4v) is 1.30. The first-order valence-corrected chi connectivity index (χ1v) is 5.07. The van der Waals surface area contributed by atoms with Gasteiger partial charge in [0.1, 0.15) is 6.10 Å². The Morgan fingerprint density at radius 1 is 1.40 bits per heavy atom. The standard InChI is InChI=1S/C10H18N2O3/c1-7(2)12-6-8(5-11-12)10(15)9(14)3-4-13/h5-7,9-10,13-15H,3-4H2,1-2H3. The van der Waals surface area contributed by atoms with Crippen molar-refractivity contribution in [1.82, 2.24) is 9.78 Å². The number of nitrogens with zero attached hydrogens (tertiary/aromatic N) is 2. The Morgan fingerprint density at radius 2 is 2.07 bits per heavy atom. The average molecular weight is 214 g/mol. The second-order valence-electron chi connectivity index (χ2n) is 3.87. The van der Waals surface area contributed by atoms with Gasteiger partial charge in [-0.1, -0.05) is 0 Å². The second kappa shape index (κ2) is 5.25. The lowest BCUT2D eigenvalue weighted by atomic mass is 10.1. The number of aliphatic hydroxyl groups is 3. The minimum absolute atomic E-state index is 0.142. The molecule has 5 heteroatoms. The molecule has 1 aromatic heterocycles. The summed E-state index contributed by atoms with van der Waals surface area (Å²) in [7, 11) is 0. The minimum atomic E-state index is -0.982. The van der Waals surface area contributed by atoms with Gasteiger partial charge in [0.25, 0.3) is 0 Å². The molecule has 0 bridgehead atoms. The van der Waals surface area contributed by atoms with Crippen LogP contribution in [0.2, 0.25) is 0 Å². The predicted octanol–water partition coefficient (Wildman–Crippen LogP) is 0.241. The van der Waals surface area contributed by atoms with Gasteiger partial charge < -0.3 is 15.3 Å². The summed E-state index contributed by atoms with van der Waals surface area (Å²) in [6.07, 6.45) is 1.47. The van der Waals surface area contributed by atoms with Crippen LogP contribution in [0.1, 0.15) is 38.0 Å². The van der Waals surface area contributed by atoms with Gasteiger partial charge in [-0.3, -0.25) is 4.68 Å². The molecule has 0 saturated heterocycles. The third-order valence-electron chi connectivity index (χ3n) is 2.28. The number of hydrogen-bond acceptors (Lipinski definition) is 4. The van der Waals surface area contributed by atoms with Crippen molar-refractivity contribution in [3.63, 3.8) is 0 Å². The summed E-state index contributed by atoms with van der Waals surface area (Å²) in [4.78, 5) is 0. The highest BCUT2D eigenvalue weighted by Gasteiger charge is 2.19. The Kier molecular flexibility index (Phi) is 4.26. The molecule has 0 aromatic carbocycles. The number of aliphatic hydroxyl groups excluding tert-OH is 3. The first kappa shape index (κ1) is 12.2. The lowest BCUT2D eigenvalue weighted by Crippen LogP contribution is -2.19. The smallest absolute Gasteiger partial charge is 0.108 e. The molecule has 0 radical (unpaired) electrons. The molecule has 0 saturated carbocycles. The van der Waals surface area contributed by atoms with Gasteiger partial charge in [-0.2, -0.15) is 5.10 Å². The van der Waals surface area contributed by atoms with Crippen LogP contribution in [0.3, 0.4) is 0 Å². The molecular formula is C10H18N2O3. The molecule has 1 rings (SSSR count). The third-order valence-corrected chi connectivity index (χ3v) is 2.28. The maximum Gasteiger partial charge on any atom is 0.108 e. The maximum absolute atomic E-state index is 9.70. The van der Waals surface area contributed by atoms with Gasteiger partial charge >= 0.3 is 0 Å². The van der Waals surface area contributed by atoms with E-state index in [-0.39, 0.29) is 19.1 Å². The van der Waals surface area contributed by atoms with E-state index in [2.05, 4.69) is 5.10 Å². The molecule has 3 N–H and O–H groups in total. The van der Waals surface area contributed by atoms with E-state index in [0.29, 0.717) is 5.56 Å². The quantitative estimate of drug-likeness (QED) is 0.656. The third kappa shape index (κ3) is 3.02. The number of hydrogen-bond donors (Lipinski definition) is 3. The van der Waals surface area contributed by atoms with Gasteiger partial charge in [-0.15, -0.1) is 0 Å². The van der Waals surface area contributed by atoms with Crippen LogP contribution in [0.4, 0.5) is 0 Å². The first-order valence-electron chi connectivity index (χ1n) is 5.07. The van der Waals surface area contributed by atoms with Crippen molar-refractivity contribution in [3.05, 3.63) is 18.0 Å². The van der Waals surface area contributed by atoms with Crippen LogP contribution in [0.15, 0.2) is 12.4 Å². The van der Waals surface area contributed by atoms with Crippen LogP contribution in [0.5, 0.6) is 0 Å². The number of aromatic nitrogens is 2. The van der Waals surface area contributed by atoms with Crippen LogP contribution in [-0.4, -0.2) is 37.8 Å². The molecule has 2 atom stereocenters. The van der Waals surface area contributed by atoms with Crippen molar-refractivity contribution < 1.29 is 15.3 Å². The highest BCUT2D eigenvalue weighted by Crippen LogP contribution is 2.19. The summed E-state index contributed by atoms with van der Waals surface area (Å²) in [6, 6.07) is 0.223. The van der Waals surface area contributed by atoms with E-state index in [1.54, 1.807) is 10.9 Å². The van der Waals surface area contributed by atoms with Crippen LogP contribution in [-0.2, 0) is 0 Å². The zero-order chi connectivity index (χ0) is 11.4. The van der Waals surface area contributed by atoms with Gasteiger partial charge in [-0.05, 0) is 20.3 Å². The van der Waals surface area contributed by atoms with Crippen LogP contribution < -0.4 is 0 Å². The minimum Gasteiger partial charge on any atom is -0.396 e. The predicted molar refractivity (Wildman–Crippen MR) is 55.3 cm³/mol. The molecule has 1 aromatic rings. The zero-order valence-electron chi connectivity index (χ0n) is 9.04. The Bertz CT molecular complexity index is 299. The average Bonchev–Trinajstić information content (AvgIpc) is 2.65. The van der Waals surface area contributed by atoms with Gasteiger partial charge in [0, 0.05) is 24.4 Å². The molecule has 0 aliphatic heterocycles. The van der Waals surface area contributed by atoms with Crippen LogP contribution in [0.25, 0.3) is 0 Å². The van der Waals surface area contributed by atoms with Crippen LogP contribution in [0, 0.1) is 0 Å². The summed E-state index contributed by atoms with van der Waals surface area (Å²) >= 11 is 0. The Labute approximate surface area is 89.0 Å². The summed E-state index contributed by atoms with van der Waals surface area (Å²) in [6.45, 7) is 3.82. The van der Waals surface area contributed by atoms with E-state index < -0.39 is 12.2 Å². The molecule has 15 heavy (non-hydrogen) atoms. The molecule has 1 heterocycles. The van der Waals surface area contributed by atoms with E-state index in [0.717, 1.165) is 0 Å². The largest absolute Gasteiger partial charge is 0.396 e. The number of rotatable bonds is 5. The van der Waals surface area contributed by atoms with Crippen molar-refractivity contribution in [1.29, 1.82) is 0 Å². The summed E-state index contributed by atoms with van der Waals surface area (Å²) in [5, 5.41) is 31.9. The molecule has 0 aliphatic rings. The fraction of sp³-hybridized carbons (Fsp3) is 0.700. The summed E-state index contributed by atoms with van der Waals surface area (Å²) in [5.74, 6) is 0. The van der Waals surface area contributed by atoms with E-state index in [1.165, 1.54) is 6.20 Å². The molecular weight excluding hydrogens is 196 g/mol. The first-order chi connectivity index (χ1) is 7.06. The molecule has 86 valence electrons.